The lowest BCUT2D eigenvalue weighted by atomic mass is 9.82. The summed E-state index contributed by atoms with van der Waals surface area (Å²) in [5.41, 5.74) is 7.79. The second-order valence-electron chi connectivity index (χ2n) is 5.27. The summed E-state index contributed by atoms with van der Waals surface area (Å²) in [5, 5.41) is 9.28. The van der Waals surface area contributed by atoms with Crippen molar-refractivity contribution in [2.24, 2.45) is 5.92 Å². The maximum Gasteiger partial charge on any atom is 0.0546 e. The highest BCUT2D eigenvalue weighted by Crippen LogP contribution is 2.30. The van der Waals surface area contributed by atoms with Crippen LogP contribution in [0.25, 0.3) is 0 Å². The van der Waals surface area contributed by atoms with Gasteiger partial charge in [0.2, 0.25) is 0 Å². The van der Waals surface area contributed by atoms with Crippen molar-refractivity contribution in [3.8, 4) is 0 Å². The molecule has 0 radical (unpaired) electrons. The summed E-state index contributed by atoms with van der Waals surface area (Å²) in [6, 6.07) is 8.48. The molecule has 1 fully saturated rings. The number of hydrogen-bond acceptors (Lipinski definition) is 3. The standard InChI is InChI=1S/C14H22N2O/c1-10(12-3-5-13(15)6-4-12)16(2)9-11-7-14(17)8-11/h3-6,10-11,14,17H,7-9,15H2,1-2H3. The summed E-state index contributed by atoms with van der Waals surface area (Å²) >= 11 is 0. The largest absolute Gasteiger partial charge is 0.399 e. The van der Waals surface area contributed by atoms with Crippen molar-refractivity contribution in [2.45, 2.75) is 31.9 Å². The zero-order chi connectivity index (χ0) is 12.4. The normalized spacial score (nSPS) is 25.6. The van der Waals surface area contributed by atoms with Crippen molar-refractivity contribution in [1.82, 2.24) is 4.90 Å². The van der Waals surface area contributed by atoms with Gasteiger partial charge in [0.25, 0.3) is 0 Å². The number of nitrogen functional groups attached to an aromatic ring is 1. The molecule has 3 N–H and O–H groups in total. The fraction of sp³-hybridized carbons (Fsp3) is 0.571. The van der Waals surface area contributed by atoms with Gasteiger partial charge in [0.15, 0.2) is 0 Å². The second-order valence-corrected chi connectivity index (χ2v) is 5.27. The average Bonchev–Trinajstić information content (AvgIpc) is 2.27. The van der Waals surface area contributed by atoms with E-state index in [1.807, 2.05) is 12.1 Å². The van der Waals surface area contributed by atoms with Gasteiger partial charge >= 0.3 is 0 Å². The summed E-state index contributed by atoms with van der Waals surface area (Å²) in [4.78, 5) is 2.35. The summed E-state index contributed by atoms with van der Waals surface area (Å²) in [6.07, 6.45) is 1.86. The van der Waals surface area contributed by atoms with E-state index in [-0.39, 0.29) is 6.10 Å². The fourth-order valence-corrected chi connectivity index (χ4v) is 2.44. The van der Waals surface area contributed by atoms with Crippen LogP contribution in [0.2, 0.25) is 0 Å². The van der Waals surface area contributed by atoms with Gasteiger partial charge in [-0.25, -0.2) is 0 Å². The molecule has 1 saturated carbocycles. The molecule has 2 rings (SSSR count). The number of rotatable bonds is 4. The first-order chi connectivity index (χ1) is 8.06. The highest BCUT2D eigenvalue weighted by Gasteiger charge is 2.28. The van der Waals surface area contributed by atoms with E-state index in [4.69, 9.17) is 5.73 Å². The Morgan fingerprint density at radius 3 is 2.47 bits per heavy atom. The molecule has 0 heterocycles. The third-order valence-electron chi connectivity index (χ3n) is 3.84. The maximum atomic E-state index is 9.28. The highest BCUT2D eigenvalue weighted by atomic mass is 16.3. The molecule has 94 valence electrons. The first-order valence-corrected chi connectivity index (χ1v) is 6.30. The van der Waals surface area contributed by atoms with Crippen LogP contribution >= 0.6 is 0 Å². The Labute approximate surface area is 103 Å². The predicted molar refractivity (Wildman–Crippen MR) is 70.6 cm³/mol. The minimum atomic E-state index is -0.0553. The average molecular weight is 234 g/mol. The van der Waals surface area contributed by atoms with Gasteiger partial charge in [0, 0.05) is 18.3 Å². The topological polar surface area (TPSA) is 49.5 Å². The molecule has 1 aromatic rings. The minimum absolute atomic E-state index is 0.0553. The van der Waals surface area contributed by atoms with Crippen LogP contribution in [0.5, 0.6) is 0 Å². The molecule has 0 aliphatic heterocycles. The molecule has 1 unspecified atom stereocenters. The SMILES string of the molecule is CC(c1ccc(N)cc1)N(C)CC1CC(O)C1. The molecule has 1 aliphatic rings. The number of aliphatic hydroxyl groups is 1. The predicted octanol–water partition coefficient (Wildman–Crippen LogP) is 2.03. The van der Waals surface area contributed by atoms with E-state index in [0.717, 1.165) is 25.1 Å². The summed E-state index contributed by atoms with van der Waals surface area (Å²) in [6.45, 7) is 3.27. The Balaban J connectivity index is 1.90. The molecular weight excluding hydrogens is 212 g/mol. The smallest absolute Gasteiger partial charge is 0.0546 e. The lowest BCUT2D eigenvalue weighted by Crippen LogP contribution is -2.38. The van der Waals surface area contributed by atoms with E-state index < -0.39 is 0 Å². The number of anilines is 1. The quantitative estimate of drug-likeness (QED) is 0.784. The van der Waals surface area contributed by atoms with Gasteiger partial charge in [-0.2, -0.15) is 0 Å². The summed E-state index contributed by atoms with van der Waals surface area (Å²) in [5.74, 6) is 0.659. The van der Waals surface area contributed by atoms with E-state index in [1.54, 1.807) is 0 Å². The lowest BCUT2D eigenvalue weighted by molar-refractivity contribution is 0.0230. The molecule has 0 saturated heterocycles. The number of aliphatic hydroxyl groups excluding tert-OH is 1. The van der Waals surface area contributed by atoms with Gasteiger partial charge in [0.05, 0.1) is 6.10 Å². The molecule has 3 nitrogen and oxygen atoms in total. The van der Waals surface area contributed by atoms with Crippen molar-refractivity contribution < 1.29 is 5.11 Å². The molecule has 3 heteroatoms. The summed E-state index contributed by atoms with van der Waals surface area (Å²) < 4.78 is 0. The number of nitrogens with two attached hydrogens (primary N) is 1. The van der Waals surface area contributed by atoms with E-state index in [0.29, 0.717) is 12.0 Å². The van der Waals surface area contributed by atoms with Crippen molar-refractivity contribution >= 4 is 5.69 Å². The zero-order valence-electron chi connectivity index (χ0n) is 10.6. The van der Waals surface area contributed by atoms with Gasteiger partial charge in [-0.3, -0.25) is 4.90 Å². The molecule has 0 aromatic heterocycles. The van der Waals surface area contributed by atoms with E-state index in [9.17, 15) is 5.11 Å². The van der Waals surface area contributed by atoms with Gasteiger partial charge in [-0.05, 0) is 50.4 Å². The summed E-state index contributed by atoms with van der Waals surface area (Å²) in [7, 11) is 2.14. The molecule has 17 heavy (non-hydrogen) atoms. The van der Waals surface area contributed by atoms with Gasteiger partial charge < -0.3 is 10.8 Å². The molecule has 1 aliphatic carbocycles. The van der Waals surface area contributed by atoms with Crippen LogP contribution in [0, 0.1) is 5.92 Å². The van der Waals surface area contributed by atoms with Crippen LogP contribution in [-0.2, 0) is 0 Å². The van der Waals surface area contributed by atoms with Crippen LogP contribution in [0.15, 0.2) is 24.3 Å². The molecule has 0 amide bonds. The third-order valence-corrected chi connectivity index (χ3v) is 3.84. The first kappa shape index (κ1) is 12.4. The van der Waals surface area contributed by atoms with Crippen LogP contribution in [-0.4, -0.2) is 29.7 Å². The van der Waals surface area contributed by atoms with Crippen LogP contribution in [0.4, 0.5) is 5.69 Å². The van der Waals surface area contributed by atoms with Gasteiger partial charge in [-0.15, -0.1) is 0 Å². The minimum Gasteiger partial charge on any atom is -0.399 e. The Morgan fingerprint density at radius 2 is 1.94 bits per heavy atom. The first-order valence-electron chi connectivity index (χ1n) is 6.30. The van der Waals surface area contributed by atoms with Crippen molar-refractivity contribution in [1.29, 1.82) is 0 Å². The van der Waals surface area contributed by atoms with E-state index >= 15 is 0 Å². The van der Waals surface area contributed by atoms with Crippen molar-refractivity contribution in [3.63, 3.8) is 0 Å². The van der Waals surface area contributed by atoms with Gasteiger partial charge in [0.1, 0.15) is 0 Å². The Morgan fingerprint density at radius 1 is 1.35 bits per heavy atom. The maximum absolute atomic E-state index is 9.28. The van der Waals surface area contributed by atoms with Crippen LogP contribution in [0.1, 0.15) is 31.4 Å². The second kappa shape index (κ2) is 5.07. The van der Waals surface area contributed by atoms with Gasteiger partial charge in [-0.1, -0.05) is 12.1 Å². The Kier molecular flexibility index (Phi) is 3.69. The van der Waals surface area contributed by atoms with Crippen molar-refractivity contribution in [2.75, 3.05) is 19.3 Å². The van der Waals surface area contributed by atoms with E-state index in [2.05, 4.69) is 31.0 Å². The third kappa shape index (κ3) is 2.99. The molecule has 0 bridgehead atoms. The number of benzene rings is 1. The molecular formula is C14H22N2O. The Bertz CT molecular complexity index is 357. The monoisotopic (exact) mass is 234 g/mol. The zero-order valence-corrected chi connectivity index (χ0v) is 10.6. The van der Waals surface area contributed by atoms with Crippen LogP contribution in [0.3, 0.4) is 0 Å². The highest BCUT2D eigenvalue weighted by molar-refractivity contribution is 5.40. The molecule has 1 aromatic carbocycles. The lowest BCUT2D eigenvalue weighted by Gasteiger charge is -2.36. The van der Waals surface area contributed by atoms with E-state index in [1.165, 1.54) is 5.56 Å². The Hall–Kier alpha value is -1.06. The molecule has 1 atom stereocenters. The van der Waals surface area contributed by atoms with Crippen molar-refractivity contribution in [3.05, 3.63) is 29.8 Å². The number of hydrogen-bond donors (Lipinski definition) is 2. The number of nitrogens with zero attached hydrogens (tertiary/aromatic N) is 1. The van der Waals surface area contributed by atoms with Crippen LogP contribution < -0.4 is 5.73 Å². The molecule has 0 spiro atoms. The fourth-order valence-electron chi connectivity index (χ4n) is 2.44.